The van der Waals surface area contributed by atoms with Gasteiger partial charge in [0.15, 0.2) is 0 Å². The van der Waals surface area contributed by atoms with Gasteiger partial charge in [0.05, 0.1) is 17.9 Å². The molecule has 37 heavy (non-hydrogen) atoms. The van der Waals surface area contributed by atoms with E-state index in [0.29, 0.717) is 25.2 Å². The lowest BCUT2D eigenvalue weighted by Gasteiger charge is -2.34. The van der Waals surface area contributed by atoms with E-state index in [4.69, 9.17) is 4.98 Å². The van der Waals surface area contributed by atoms with Crippen LogP contribution in [0.1, 0.15) is 27.7 Å². The van der Waals surface area contributed by atoms with Gasteiger partial charge in [-0.2, -0.15) is 0 Å². The van der Waals surface area contributed by atoms with Gasteiger partial charge >= 0.3 is 0 Å². The van der Waals surface area contributed by atoms with E-state index < -0.39 is 0 Å². The topological polar surface area (TPSA) is 95.8 Å². The molecule has 1 amide bonds. The summed E-state index contributed by atoms with van der Waals surface area (Å²) in [6.45, 7) is 3.87. The first kappa shape index (κ1) is 23.1. The number of nitrogens with one attached hydrogen (secondary N) is 1. The first-order chi connectivity index (χ1) is 18.1. The predicted molar refractivity (Wildman–Crippen MR) is 141 cm³/mol. The number of rotatable bonds is 6. The molecule has 186 valence electrons. The van der Waals surface area contributed by atoms with Crippen molar-refractivity contribution in [1.82, 2.24) is 39.3 Å². The van der Waals surface area contributed by atoms with Crippen LogP contribution in [0.3, 0.4) is 0 Å². The summed E-state index contributed by atoms with van der Waals surface area (Å²) in [6, 6.07) is 15.8. The Morgan fingerprint density at radius 3 is 2.59 bits per heavy atom. The molecule has 9 heteroatoms. The number of piperazine rings is 1. The number of fused-ring (bicyclic) bond motifs is 1. The highest BCUT2D eigenvalue weighted by atomic mass is 16.2. The summed E-state index contributed by atoms with van der Waals surface area (Å²) in [5.74, 6) is 1.82. The van der Waals surface area contributed by atoms with Gasteiger partial charge in [0, 0.05) is 75.3 Å². The molecule has 0 spiro atoms. The van der Waals surface area contributed by atoms with E-state index in [1.54, 1.807) is 12.4 Å². The van der Waals surface area contributed by atoms with Gasteiger partial charge in [0.25, 0.3) is 5.91 Å². The summed E-state index contributed by atoms with van der Waals surface area (Å²) in [6.07, 6.45) is 7.92. The van der Waals surface area contributed by atoms with Crippen LogP contribution in [-0.4, -0.2) is 71.4 Å². The lowest BCUT2D eigenvalue weighted by Crippen LogP contribution is -2.48. The number of amides is 1. The molecule has 0 radical (unpaired) electrons. The van der Waals surface area contributed by atoms with Crippen LogP contribution in [0.4, 0.5) is 0 Å². The minimum Gasteiger partial charge on any atom is -0.351 e. The highest BCUT2D eigenvalue weighted by Crippen LogP contribution is 2.21. The molecule has 1 aliphatic rings. The number of benzene rings is 1. The monoisotopic (exact) mass is 492 g/mol. The Kier molecular flexibility index (Phi) is 6.20. The normalized spacial score (nSPS) is 14.4. The molecule has 1 saturated heterocycles. The number of imidazole rings is 1. The molecule has 0 atom stereocenters. The van der Waals surface area contributed by atoms with Crippen molar-refractivity contribution < 1.29 is 4.79 Å². The number of hydrogen-bond acceptors (Lipinski definition) is 6. The Morgan fingerprint density at radius 1 is 0.919 bits per heavy atom. The summed E-state index contributed by atoms with van der Waals surface area (Å²) in [4.78, 5) is 38.8. The largest absolute Gasteiger partial charge is 0.351 e. The average molecular weight is 493 g/mol. The van der Waals surface area contributed by atoms with Crippen LogP contribution in [0, 0.1) is 0 Å². The van der Waals surface area contributed by atoms with Gasteiger partial charge < -0.3 is 14.5 Å². The van der Waals surface area contributed by atoms with Crippen molar-refractivity contribution in [2.75, 3.05) is 26.2 Å². The van der Waals surface area contributed by atoms with Crippen molar-refractivity contribution in [3.8, 4) is 11.4 Å². The average Bonchev–Trinajstić information content (AvgIpc) is 3.55. The molecule has 6 rings (SSSR count). The van der Waals surface area contributed by atoms with Gasteiger partial charge in [0.1, 0.15) is 17.3 Å². The Bertz CT molecular complexity index is 1530. The van der Waals surface area contributed by atoms with Crippen LogP contribution < -0.4 is 0 Å². The number of pyridine rings is 1. The Labute approximate surface area is 214 Å². The number of H-pyrrole nitrogens is 1. The number of carbonyl (C=O) groups excluding carboxylic acids is 1. The Hall–Kier alpha value is -4.37. The number of carbonyl (C=O) groups is 1. The second-order valence-electron chi connectivity index (χ2n) is 9.38. The third-order valence-electron chi connectivity index (χ3n) is 6.86. The maximum Gasteiger partial charge on any atom is 0.270 e. The molecule has 5 heterocycles. The maximum atomic E-state index is 13.2. The summed E-state index contributed by atoms with van der Waals surface area (Å²) in [5, 5.41) is 1.01. The van der Waals surface area contributed by atoms with E-state index >= 15 is 0 Å². The lowest BCUT2D eigenvalue weighted by atomic mass is 10.1. The minimum absolute atomic E-state index is 0.0424. The maximum absolute atomic E-state index is 13.2. The van der Waals surface area contributed by atoms with E-state index in [1.807, 2.05) is 65.3 Å². The summed E-state index contributed by atoms with van der Waals surface area (Å²) in [7, 11) is 2.01. The van der Waals surface area contributed by atoms with E-state index in [-0.39, 0.29) is 5.91 Å². The van der Waals surface area contributed by atoms with Crippen molar-refractivity contribution in [2.24, 2.45) is 7.05 Å². The van der Waals surface area contributed by atoms with Crippen molar-refractivity contribution in [1.29, 1.82) is 0 Å². The first-order valence-electron chi connectivity index (χ1n) is 12.5. The van der Waals surface area contributed by atoms with Crippen LogP contribution in [0.2, 0.25) is 0 Å². The van der Waals surface area contributed by atoms with Crippen LogP contribution in [0.15, 0.2) is 73.3 Å². The van der Waals surface area contributed by atoms with E-state index in [0.717, 1.165) is 59.1 Å². The highest BCUT2D eigenvalue weighted by molar-refractivity contribution is 5.98. The summed E-state index contributed by atoms with van der Waals surface area (Å²) >= 11 is 0. The van der Waals surface area contributed by atoms with Gasteiger partial charge in [-0.3, -0.25) is 14.7 Å². The molecule has 0 bridgehead atoms. The van der Waals surface area contributed by atoms with E-state index in [2.05, 4.69) is 37.0 Å². The number of hydrogen-bond donors (Lipinski definition) is 1. The molecule has 0 aliphatic carbocycles. The molecule has 1 aliphatic heterocycles. The van der Waals surface area contributed by atoms with Crippen molar-refractivity contribution in [3.05, 3.63) is 96.2 Å². The van der Waals surface area contributed by atoms with Crippen LogP contribution in [0.25, 0.3) is 22.3 Å². The molecular formula is C28H28N8O. The van der Waals surface area contributed by atoms with Gasteiger partial charge in [-0.1, -0.05) is 12.1 Å². The van der Waals surface area contributed by atoms with Crippen LogP contribution in [0.5, 0.6) is 0 Å². The van der Waals surface area contributed by atoms with Gasteiger partial charge in [-0.25, -0.2) is 15.0 Å². The molecule has 0 unspecified atom stereocenters. The minimum atomic E-state index is 0.0424. The zero-order valence-corrected chi connectivity index (χ0v) is 20.7. The highest BCUT2D eigenvalue weighted by Gasteiger charge is 2.24. The SMILES string of the molecule is Cn1ccnc1CN1CCN(C(=O)c2cc3cc(Cc4nccc(-c5ccccn5)n4)ccc3[nH]2)CC1. The molecule has 5 aromatic rings. The summed E-state index contributed by atoms with van der Waals surface area (Å²) in [5.41, 5.74) is 4.29. The van der Waals surface area contributed by atoms with Gasteiger partial charge in [-0.15, -0.1) is 0 Å². The third-order valence-corrected chi connectivity index (χ3v) is 6.86. The fourth-order valence-corrected chi connectivity index (χ4v) is 4.76. The number of aromatic amines is 1. The second kappa shape index (κ2) is 9.94. The van der Waals surface area contributed by atoms with Crippen LogP contribution >= 0.6 is 0 Å². The first-order valence-corrected chi connectivity index (χ1v) is 12.5. The van der Waals surface area contributed by atoms with Crippen molar-refractivity contribution >= 4 is 16.8 Å². The zero-order chi connectivity index (χ0) is 25.2. The Balaban J connectivity index is 1.12. The number of aryl methyl sites for hydroxylation is 1. The molecule has 1 N–H and O–H groups in total. The van der Waals surface area contributed by atoms with Crippen LogP contribution in [-0.2, 0) is 20.0 Å². The number of nitrogens with zero attached hydrogens (tertiary/aromatic N) is 7. The van der Waals surface area contributed by atoms with Crippen molar-refractivity contribution in [2.45, 2.75) is 13.0 Å². The second-order valence-corrected chi connectivity index (χ2v) is 9.38. The molecule has 9 nitrogen and oxygen atoms in total. The molecule has 0 saturated carbocycles. The molecule has 4 aromatic heterocycles. The van der Waals surface area contributed by atoms with Gasteiger partial charge in [0.2, 0.25) is 0 Å². The fraction of sp³-hybridized carbons (Fsp3) is 0.250. The zero-order valence-electron chi connectivity index (χ0n) is 20.7. The molecule has 1 aromatic carbocycles. The lowest BCUT2D eigenvalue weighted by molar-refractivity contribution is 0.0619. The Morgan fingerprint density at radius 2 is 1.81 bits per heavy atom. The molecular weight excluding hydrogens is 464 g/mol. The summed E-state index contributed by atoms with van der Waals surface area (Å²) < 4.78 is 2.04. The smallest absolute Gasteiger partial charge is 0.270 e. The predicted octanol–water partition coefficient (Wildman–Crippen LogP) is 3.30. The fourth-order valence-electron chi connectivity index (χ4n) is 4.76. The van der Waals surface area contributed by atoms with Gasteiger partial charge in [-0.05, 0) is 42.0 Å². The third kappa shape index (κ3) is 4.99. The van der Waals surface area contributed by atoms with Crippen molar-refractivity contribution in [3.63, 3.8) is 0 Å². The standard InChI is InChI=1S/C28H28N8O/c1-34-11-10-31-27(34)19-35-12-14-36(15-13-35)28(37)25-18-21-16-20(5-6-22(21)32-25)17-26-30-9-7-24(33-26)23-4-2-3-8-29-23/h2-11,16,18,32H,12-15,17,19H2,1H3. The quantitative estimate of drug-likeness (QED) is 0.391. The molecule has 1 fully saturated rings. The van der Waals surface area contributed by atoms with E-state index in [1.165, 1.54) is 0 Å². The van der Waals surface area contributed by atoms with E-state index in [9.17, 15) is 4.79 Å². The number of aromatic nitrogens is 6.